The number of ether oxygens (including phenoxy) is 1. The Morgan fingerprint density at radius 1 is 1.22 bits per heavy atom. The molecule has 0 spiro atoms. The highest BCUT2D eigenvalue weighted by Gasteiger charge is 2.05. The molecule has 0 saturated heterocycles. The number of nitrogens with zero attached hydrogens (tertiary/aromatic N) is 3. The van der Waals surface area contributed by atoms with Crippen LogP contribution in [0.15, 0.2) is 46.0 Å². The zero-order valence-corrected chi connectivity index (χ0v) is 11.3. The van der Waals surface area contributed by atoms with Crippen LogP contribution < -0.4 is 4.74 Å². The van der Waals surface area contributed by atoms with Crippen molar-refractivity contribution < 1.29 is 4.74 Å². The van der Waals surface area contributed by atoms with Gasteiger partial charge in [0.1, 0.15) is 5.75 Å². The Bertz CT molecular complexity index is 594. The number of rotatable bonds is 5. The Morgan fingerprint density at radius 2 is 2.06 bits per heavy atom. The molecule has 0 aliphatic carbocycles. The van der Waals surface area contributed by atoms with Gasteiger partial charge in [-0.1, -0.05) is 35.4 Å². The van der Waals surface area contributed by atoms with Gasteiger partial charge in [0.05, 0.1) is 11.1 Å². The third-order valence-electron chi connectivity index (χ3n) is 2.55. The lowest BCUT2D eigenvalue weighted by Crippen LogP contribution is -1.99. The molecule has 2 aromatic carbocycles. The molecule has 0 radical (unpaired) electrons. The third kappa shape index (κ3) is 2.94. The molecule has 0 bridgehead atoms. The summed E-state index contributed by atoms with van der Waals surface area (Å²) in [6, 6.07) is 12.1. The first-order chi connectivity index (χ1) is 8.83. The Balaban J connectivity index is 2.09. The quantitative estimate of drug-likeness (QED) is 0.342. The lowest BCUT2D eigenvalue weighted by atomic mass is 10.1. The van der Waals surface area contributed by atoms with Crippen molar-refractivity contribution in [3.05, 3.63) is 51.3 Å². The zero-order valence-electron chi connectivity index (χ0n) is 9.71. The first kappa shape index (κ1) is 12.7. The highest BCUT2D eigenvalue weighted by atomic mass is 79.9. The van der Waals surface area contributed by atoms with Crippen molar-refractivity contribution in [3.8, 4) is 5.75 Å². The van der Waals surface area contributed by atoms with Crippen molar-refractivity contribution in [3.63, 3.8) is 0 Å². The molecule has 2 rings (SSSR count). The molecule has 4 nitrogen and oxygen atoms in total. The van der Waals surface area contributed by atoms with Crippen molar-refractivity contribution in [1.29, 1.82) is 0 Å². The standard InChI is InChI=1S/C13H12BrN3O/c14-13-11-5-2-1-4-10(11)6-7-12(13)18-9-3-8-16-17-15/h1-2,4-7H,3,8-9H2. The van der Waals surface area contributed by atoms with Gasteiger partial charge in [0.25, 0.3) is 0 Å². The number of hydrogen-bond acceptors (Lipinski definition) is 2. The molecule has 0 aromatic heterocycles. The Morgan fingerprint density at radius 3 is 2.89 bits per heavy atom. The number of benzene rings is 2. The lowest BCUT2D eigenvalue weighted by molar-refractivity contribution is 0.312. The molecule has 0 fully saturated rings. The summed E-state index contributed by atoms with van der Waals surface area (Å²) >= 11 is 3.56. The summed E-state index contributed by atoms with van der Waals surface area (Å²) in [5, 5.41) is 5.77. The van der Waals surface area contributed by atoms with E-state index in [1.54, 1.807) is 0 Å². The minimum absolute atomic E-state index is 0.460. The molecule has 92 valence electrons. The fourth-order valence-electron chi connectivity index (χ4n) is 1.69. The maximum Gasteiger partial charge on any atom is 0.134 e. The SMILES string of the molecule is [N-]=[N+]=NCCCOc1ccc2ccccc2c1Br. The third-order valence-corrected chi connectivity index (χ3v) is 3.37. The molecule has 0 unspecified atom stereocenters. The van der Waals surface area contributed by atoms with Crippen LogP contribution in [0.5, 0.6) is 5.75 Å². The van der Waals surface area contributed by atoms with Gasteiger partial charge in [0.2, 0.25) is 0 Å². The van der Waals surface area contributed by atoms with E-state index in [0.29, 0.717) is 19.6 Å². The molecule has 0 saturated carbocycles. The number of fused-ring (bicyclic) bond motifs is 1. The minimum Gasteiger partial charge on any atom is -0.492 e. The van der Waals surface area contributed by atoms with E-state index in [9.17, 15) is 0 Å². The van der Waals surface area contributed by atoms with Gasteiger partial charge in [-0.3, -0.25) is 0 Å². The molecule has 0 N–H and O–H groups in total. The molecule has 0 heterocycles. The van der Waals surface area contributed by atoms with E-state index < -0.39 is 0 Å². The molecular weight excluding hydrogens is 294 g/mol. The molecule has 0 aliphatic rings. The minimum atomic E-state index is 0.460. The first-order valence-electron chi connectivity index (χ1n) is 5.64. The summed E-state index contributed by atoms with van der Waals surface area (Å²) < 4.78 is 6.62. The average molecular weight is 306 g/mol. The normalized spacial score (nSPS) is 10.1. The second kappa shape index (κ2) is 6.28. The Labute approximate surface area is 113 Å². The molecule has 0 aliphatic heterocycles. The summed E-state index contributed by atoms with van der Waals surface area (Å²) in [6.07, 6.45) is 0.712. The monoisotopic (exact) mass is 305 g/mol. The number of hydrogen-bond donors (Lipinski definition) is 0. The maximum atomic E-state index is 8.16. The topological polar surface area (TPSA) is 58.0 Å². The predicted octanol–water partition coefficient (Wildman–Crippen LogP) is 4.68. The molecule has 5 heteroatoms. The van der Waals surface area contributed by atoms with Gasteiger partial charge < -0.3 is 4.74 Å². The molecule has 0 amide bonds. The van der Waals surface area contributed by atoms with E-state index in [2.05, 4.69) is 32.0 Å². The lowest BCUT2D eigenvalue weighted by Gasteiger charge is -2.09. The van der Waals surface area contributed by atoms with Crippen LogP contribution in [0.4, 0.5) is 0 Å². The molecule has 2 aromatic rings. The van der Waals surface area contributed by atoms with Gasteiger partial charge in [-0.25, -0.2) is 0 Å². The van der Waals surface area contributed by atoms with Crippen molar-refractivity contribution in [1.82, 2.24) is 0 Å². The van der Waals surface area contributed by atoms with Crippen LogP contribution in [0.3, 0.4) is 0 Å². The van der Waals surface area contributed by atoms with Gasteiger partial charge >= 0.3 is 0 Å². The zero-order chi connectivity index (χ0) is 12.8. The van der Waals surface area contributed by atoms with E-state index in [-0.39, 0.29) is 0 Å². The summed E-state index contributed by atoms with van der Waals surface area (Å²) in [6.45, 7) is 0.998. The van der Waals surface area contributed by atoms with Crippen LogP contribution >= 0.6 is 15.9 Å². The smallest absolute Gasteiger partial charge is 0.134 e. The highest BCUT2D eigenvalue weighted by molar-refractivity contribution is 9.10. The van der Waals surface area contributed by atoms with Crippen LogP contribution in [0, 0.1) is 0 Å². The van der Waals surface area contributed by atoms with Crippen LogP contribution in [0.25, 0.3) is 21.2 Å². The molecule has 0 atom stereocenters. The van der Waals surface area contributed by atoms with E-state index in [4.69, 9.17) is 10.3 Å². The van der Waals surface area contributed by atoms with Crippen LogP contribution in [-0.2, 0) is 0 Å². The molecule has 18 heavy (non-hydrogen) atoms. The van der Waals surface area contributed by atoms with E-state index in [0.717, 1.165) is 15.6 Å². The van der Waals surface area contributed by atoms with Gasteiger partial charge in [0, 0.05) is 11.5 Å². The summed E-state index contributed by atoms with van der Waals surface area (Å²) in [5.41, 5.74) is 8.16. The predicted molar refractivity (Wildman–Crippen MR) is 75.8 cm³/mol. The van der Waals surface area contributed by atoms with Crippen LogP contribution in [-0.4, -0.2) is 13.2 Å². The fourth-order valence-corrected chi connectivity index (χ4v) is 2.29. The van der Waals surface area contributed by atoms with Crippen LogP contribution in [0.1, 0.15) is 6.42 Å². The average Bonchev–Trinajstić information content (AvgIpc) is 2.41. The Hall–Kier alpha value is -1.71. The van der Waals surface area contributed by atoms with Gasteiger partial charge in [-0.05, 0) is 44.7 Å². The summed E-state index contributed by atoms with van der Waals surface area (Å²) in [4.78, 5) is 2.70. The Kier molecular flexibility index (Phi) is 4.45. The second-order valence-corrected chi connectivity index (χ2v) is 4.55. The number of azide groups is 1. The maximum absolute atomic E-state index is 8.16. The highest BCUT2D eigenvalue weighted by Crippen LogP contribution is 2.32. The van der Waals surface area contributed by atoms with Crippen LogP contribution in [0.2, 0.25) is 0 Å². The van der Waals surface area contributed by atoms with Gasteiger partial charge in [-0.15, -0.1) is 0 Å². The fraction of sp³-hybridized carbons (Fsp3) is 0.231. The van der Waals surface area contributed by atoms with E-state index >= 15 is 0 Å². The molecular formula is C13H12BrN3O. The van der Waals surface area contributed by atoms with Gasteiger partial charge in [0.15, 0.2) is 0 Å². The van der Waals surface area contributed by atoms with E-state index in [1.807, 2.05) is 30.3 Å². The largest absolute Gasteiger partial charge is 0.492 e. The summed E-state index contributed by atoms with van der Waals surface area (Å²) in [5.74, 6) is 0.814. The first-order valence-corrected chi connectivity index (χ1v) is 6.43. The van der Waals surface area contributed by atoms with Gasteiger partial charge in [-0.2, -0.15) is 0 Å². The second-order valence-electron chi connectivity index (χ2n) is 3.76. The van der Waals surface area contributed by atoms with E-state index in [1.165, 1.54) is 5.39 Å². The summed E-state index contributed by atoms with van der Waals surface area (Å²) in [7, 11) is 0. The van der Waals surface area contributed by atoms with Crippen molar-refractivity contribution in [2.24, 2.45) is 5.11 Å². The van der Waals surface area contributed by atoms with Crippen molar-refractivity contribution in [2.45, 2.75) is 6.42 Å². The van der Waals surface area contributed by atoms with Crippen molar-refractivity contribution >= 4 is 26.7 Å². The van der Waals surface area contributed by atoms with Crippen molar-refractivity contribution in [2.75, 3.05) is 13.2 Å². The number of halogens is 1.